The third kappa shape index (κ3) is 4.46. The summed E-state index contributed by atoms with van der Waals surface area (Å²) in [5.74, 6) is 0.427. The molecule has 1 rings (SSSR count). The van der Waals surface area contributed by atoms with Gasteiger partial charge in [0.1, 0.15) is 0 Å². The Labute approximate surface area is 91.6 Å². The van der Waals surface area contributed by atoms with Crippen molar-refractivity contribution < 1.29 is 13.2 Å². The van der Waals surface area contributed by atoms with E-state index in [-0.39, 0.29) is 18.4 Å². The molecule has 1 aliphatic heterocycles. The molecule has 90 valence electrons. The van der Waals surface area contributed by atoms with Gasteiger partial charge in [0.15, 0.2) is 0 Å². The van der Waals surface area contributed by atoms with Crippen molar-refractivity contribution in [2.45, 2.75) is 19.4 Å². The van der Waals surface area contributed by atoms with Crippen LogP contribution in [0.5, 0.6) is 0 Å². The van der Waals surface area contributed by atoms with Crippen molar-refractivity contribution >= 4 is 10.0 Å². The molecule has 0 aromatic rings. The zero-order chi connectivity index (χ0) is 11.3. The van der Waals surface area contributed by atoms with Crippen LogP contribution in [-0.2, 0) is 14.8 Å². The predicted molar refractivity (Wildman–Crippen MR) is 59.2 cm³/mol. The number of methoxy groups -OCH3 is 1. The number of hydrogen-bond acceptors (Lipinski definition) is 4. The first-order valence-electron chi connectivity index (χ1n) is 5.25. The molecular formula is C9H20N2O3S. The highest BCUT2D eigenvalue weighted by atomic mass is 32.2. The molecule has 0 radical (unpaired) electrons. The second kappa shape index (κ2) is 5.79. The molecule has 0 bridgehead atoms. The van der Waals surface area contributed by atoms with Gasteiger partial charge in [0, 0.05) is 19.7 Å². The van der Waals surface area contributed by atoms with Crippen molar-refractivity contribution in [2.24, 2.45) is 5.92 Å². The molecule has 2 unspecified atom stereocenters. The minimum Gasteiger partial charge on any atom is -0.384 e. The van der Waals surface area contributed by atoms with E-state index >= 15 is 0 Å². The van der Waals surface area contributed by atoms with Crippen molar-refractivity contribution in [1.29, 1.82) is 0 Å². The molecule has 0 saturated carbocycles. The van der Waals surface area contributed by atoms with E-state index in [0.29, 0.717) is 12.5 Å². The molecule has 0 aromatic heterocycles. The molecule has 0 aromatic carbocycles. The Balaban J connectivity index is 2.44. The molecule has 0 aliphatic carbocycles. The largest absolute Gasteiger partial charge is 0.384 e. The number of nitrogens with one attached hydrogen (secondary N) is 2. The molecule has 1 saturated heterocycles. The monoisotopic (exact) mass is 236 g/mol. The van der Waals surface area contributed by atoms with Crippen molar-refractivity contribution in [3.8, 4) is 0 Å². The Bertz CT molecular complexity index is 279. The number of ether oxygens (including phenoxy) is 1. The quantitative estimate of drug-likeness (QED) is 0.678. The van der Waals surface area contributed by atoms with Crippen LogP contribution in [0, 0.1) is 5.92 Å². The van der Waals surface area contributed by atoms with E-state index in [0.717, 1.165) is 13.0 Å². The van der Waals surface area contributed by atoms with Gasteiger partial charge in [0.05, 0.1) is 12.4 Å². The summed E-state index contributed by atoms with van der Waals surface area (Å²) in [5.41, 5.74) is 0. The first-order valence-corrected chi connectivity index (χ1v) is 6.90. The van der Waals surface area contributed by atoms with Crippen molar-refractivity contribution in [3.05, 3.63) is 0 Å². The lowest BCUT2D eigenvalue weighted by atomic mass is 9.96. The highest BCUT2D eigenvalue weighted by Gasteiger charge is 2.25. The Kier molecular flexibility index (Phi) is 4.98. The maximum absolute atomic E-state index is 11.6. The van der Waals surface area contributed by atoms with Crippen LogP contribution >= 0.6 is 0 Å². The molecule has 1 heterocycles. The predicted octanol–water partition coefficient (Wildman–Crippen LogP) is -0.450. The van der Waals surface area contributed by atoms with Gasteiger partial charge in [-0.05, 0) is 18.9 Å². The van der Waals surface area contributed by atoms with E-state index in [9.17, 15) is 8.42 Å². The van der Waals surface area contributed by atoms with Gasteiger partial charge in [-0.25, -0.2) is 13.1 Å². The molecule has 1 aliphatic rings. The minimum absolute atomic E-state index is 0.0145. The van der Waals surface area contributed by atoms with Gasteiger partial charge in [-0.2, -0.15) is 0 Å². The molecule has 6 heteroatoms. The van der Waals surface area contributed by atoms with E-state index in [2.05, 4.69) is 17.0 Å². The van der Waals surface area contributed by atoms with Crippen LogP contribution in [0.3, 0.4) is 0 Å². The standard InChI is InChI=1S/C9H20N2O3S/c1-8-3-4-10-7-9(8)11-15(12,13)6-5-14-2/h8-11H,3-7H2,1-2H3. The van der Waals surface area contributed by atoms with Crippen molar-refractivity contribution in [2.75, 3.05) is 32.6 Å². The summed E-state index contributed by atoms with van der Waals surface area (Å²) in [6.45, 7) is 4.00. The third-order valence-corrected chi connectivity index (χ3v) is 4.08. The van der Waals surface area contributed by atoms with Gasteiger partial charge < -0.3 is 10.1 Å². The summed E-state index contributed by atoms with van der Waals surface area (Å²) < 4.78 is 30.6. The Morgan fingerprint density at radius 1 is 1.53 bits per heavy atom. The van der Waals surface area contributed by atoms with Crippen LogP contribution < -0.4 is 10.0 Å². The summed E-state index contributed by atoms with van der Waals surface area (Å²) in [6, 6.07) is 0.0145. The van der Waals surface area contributed by atoms with Gasteiger partial charge in [0.25, 0.3) is 0 Å². The van der Waals surface area contributed by atoms with Crippen LogP contribution in [0.4, 0.5) is 0 Å². The van der Waals surface area contributed by atoms with E-state index in [1.807, 2.05) is 0 Å². The van der Waals surface area contributed by atoms with Gasteiger partial charge in [-0.15, -0.1) is 0 Å². The van der Waals surface area contributed by atoms with E-state index in [1.54, 1.807) is 0 Å². The fourth-order valence-electron chi connectivity index (χ4n) is 1.63. The lowest BCUT2D eigenvalue weighted by Crippen LogP contribution is -2.50. The van der Waals surface area contributed by atoms with Crippen LogP contribution in [0.1, 0.15) is 13.3 Å². The molecule has 15 heavy (non-hydrogen) atoms. The van der Waals surface area contributed by atoms with E-state index in [4.69, 9.17) is 4.74 Å². The van der Waals surface area contributed by atoms with Crippen molar-refractivity contribution in [1.82, 2.24) is 10.0 Å². The summed E-state index contributed by atoms with van der Waals surface area (Å²) in [6.07, 6.45) is 1.01. The molecule has 2 atom stereocenters. The topological polar surface area (TPSA) is 67.4 Å². The number of rotatable bonds is 5. The SMILES string of the molecule is COCCS(=O)(=O)NC1CNCCC1C. The van der Waals surface area contributed by atoms with Gasteiger partial charge >= 0.3 is 0 Å². The Morgan fingerprint density at radius 3 is 2.87 bits per heavy atom. The van der Waals surface area contributed by atoms with E-state index < -0.39 is 10.0 Å². The lowest BCUT2D eigenvalue weighted by Gasteiger charge is -2.29. The second-order valence-corrected chi connectivity index (χ2v) is 5.88. The maximum Gasteiger partial charge on any atom is 0.214 e. The molecule has 5 nitrogen and oxygen atoms in total. The average molecular weight is 236 g/mol. The number of hydrogen-bond donors (Lipinski definition) is 2. The highest BCUT2D eigenvalue weighted by molar-refractivity contribution is 7.89. The number of sulfonamides is 1. The summed E-state index contributed by atoms with van der Waals surface area (Å²) in [5, 5.41) is 3.19. The number of piperidine rings is 1. The summed E-state index contributed by atoms with van der Waals surface area (Å²) >= 11 is 0. The fourth-order valence-corrected chi connectivity index (χ4v) is 2.91. The molecule has 0 spiro atoms. The molecular weight excluding hydrogens is 216 g/mol. The summed E-state index contributed by atoms with van der Waals surface area (Å²) in [7, 11) is -1.69. The molecule has 1 fully saturated rings. The smallest absolute Gasteiger partial charge is 0.214 e. The Morgan fingerprint density at radius 2 is 2.27 bits per heavy atom. The van der Waals surface area contributed by atoms with Gasteiger partial charge in [-0.3, -0.25) is 0 Å². The lowest BCUT2D eigenvalue weighted by molar-refractivity contribution is 0.216. The zero-order valence-corrected chi connectivity index (χ0v) is 10.1. The first-order chi connectivity index (χ1) is 7.05. The van der Waals surface area contributed by atoms with Crippen LogP contribution in [-0.4, -0.2) is 47.0 Å². The molecule has 2 N–H and O–H groups in total. The van der Waals surface area contributed by atoms with E-state index in [1.165, 1.54) is 7.11 Å². The molecule has 0 amide bonds. The average Bonchev–Trinajstić information content (AvgIpc) is 2.18. The fraction of sp³-hybridized carbons (Fsp3) is 1.00. The van der Waals surface area contributed by atoms with Crippen LogP contribution in [0.25, 0.3) is 0 Å². The van der Waals surface area contributed by atoms with Gasteiger partial charge in [0.2, 0.25) is 10.0 Å². The zero-order valence-electron chi connectivity index (χ0n) is 9.32. The third-order valence-electron chi connectivity index (χ3n) is 2.71. The first kappa shape index (κ1) is 12.9. The van der Waals surface area contributed by atoms with Crippen molar-refractivity contribution in [3.63, 3.8) is 0 Å². The maximum atomic E-state index is 11.6. The second-order valence-electron chi connectivity index (χ2n) is 4.01. The normalized spacial score (nSPS) is 27.9. The van der Waals surface area contributed by atoms with Gasteiger partial charge in [-0.1, -0.05) is 6.92 Å². The minimum atomic E-state index is -3.19. The van der Waals surface area contributed by atoms with Crippen LogP contribution in [0.15, 0.2) is 0 Å². The summed E-state index contributed by atoms with van der Waals surface area (Å²) in [4.78, 5) is 0. The Hall–Kier alpha value is -0.170. The highest BCUT2D eigenvalue weighted by Crippen LogP contribution is 2.12. The van der Waals surface area contributed by atoms with Crippen LogP contribution in [0.2, 0.25) is 0 Å².